The van der Waals surface area contributed by atoms with Crippen molar-refractivity contribution < 1.29 is 13.2 Å². The van der Waals surface area contributed by atoms with E-state index in [0.29, 0.717) is 24.7 Å². The third-order valence-electron chi connectivity index (χ3n) is 2.71. The summed E-state index contributed by atoms with van der Waals surface area (Å²) >= 11 is 5.92. The summed E-state index contributed by atoms with van der Waals surface area (Å²) in [5.41, 5.74) is 0.856. The van der Waals surface area contributed by atoms with Gasteiger partial charge in [-0.2, -0.15) is 0 Å². The Balaban J connectivity index is 2.21. The first-order chi connectivity index (χ1) is 7.99. The maximum absolute atomic E-state index is 12.0. The van der Waals surface area contributed by atoms with Crippen molar-refractivity contribution >= 4 is 21.6 Å². The van der Waals surface area contributed by atoms with E-state index in [9.17, 15) is 8.42 Å². The van der Waals surface area contributed by atoms with Gasteiger partial charge in [-0.15, -0.1) is 0 Å². The van der Waals surface area contributed by atoms with E-state index in [2.05, 4.69) is 4.72 Å². The van der Waals surface area contributed by atoms with Crippen LogP contribution in [-0.4, -0.2) is 27.7 Å². The minimum atomic E-state index is -3.50. The van der Waals surface area contributed by atoms with Crippen LogP contribution in [0.2, 0.25) is 5.02 Å². The van der Waals surface area contributed by atoms with Crippen LogP contribution >= 0.6 is 11.6 Å². The summed E-state index contributed by atoms with van der Waals surface area (Å²) in [6.07, 6.45) is 0.707. The second kappa shape index (κ2) is 4.94. The van der Waals surface area contributed by atoms with Gasteiger partial charge in [-0.1, -0.05) is 17.7 Å². The Bertz CT molecular complexity index is 509. The molecule has 2 rings (SSSR count). The normalized spacial score (nSPS) is 20.7. The van der Waals surface area contributed by atoms with Crippen LogP contribution in [0.25, 0.3) is 0 Å². The number of nitrogens with one attached hydrogen (secondary N) is 1. The molecule has 1 N–H and O–H groups in total. The van der Waals surface area contributed by atoms with Gasteiger partial charge in [-0.25, -0.2) is 13.1 Å². The van der Waals surface area contributed by atoms with Crippen molar-refractivity contribution in [3.05, 3.63) is 28.8 Å². The van der Waals surface area contributed by atoms with E-state index in [1.54, 1.807) is 12.1 Å². The minimum absolute atomic E-state index is 0.139. The molecule has 1 unspecified atom stereocenters. The standard InChI is InChI=1S/C11H14ClNO3S/c1-8-2-3-10(6-11(8)12)17(14,15)13-9-4-5-16-7-9/h2-3,6,9,13H,4-5,7H2,1H3. The Morgan fingerprint density at radius 2 is 2.24 bits per heavy atom. The molecule has 0 aliphatic carbocycles. The number of aryl methyl sites for hydroxylation is 1. The second-order valence-electron chi connectivity index (χ2n) is 4.09. The Morgan fingerprint density at radius 1 is 1.47 bits per heavy atom. The Hall–Kier alpha value is -0.620. The molecular weight excluding hydrogens is 262 g/mol. The molecule has 6 heteroatoms. The summed E-state index contributed by atoms with van der Waals surface area (Å²) in [7, 11) is -3.50. The molecule has 1 aliphatic heterocycles. The van der Waals surface area contributed by atoms with Crippen molar-refractivity contribution in [3.8, 4) is 0 Å². The molecule has 4 nitrogen and oxygen atoms in total. The van der Waals surface area contributed by atoms with Gasteiger partial charge in [-0.3, -0.25) is 0 Å². The molecule has 1 heterocycles. The van der Waals surface area contributed by atoms with Crippen LogP contribution in [0.3, 0.4) is 0 Å². The molecule has 0 saturated carbocycles. The summed E-state index contributed by atoms with van der Waals surface area (Å²) in [4.78, 5) is 0.194. The van der Waals surface area contributed by atoms with E-state index >= 15 is 0 Å². The van der Waals surface area contributed by atoms with Crippen LogP contribution in [0.15, 0.2) is 23.1 Å². The lowest BCUT2D eigenvalue weighted by molar-refractivity contribution is 0.192. The first-order valence-electron chi connectivity index (χ1n) is 5.35. The number of rotatable bonds is 3. The Labute approximate surface area is 106 Å². The molecule has 1 aromatic carbocycles. The third kappa shape index (κ3) is 2.98. The number of hydrogen-bond donors (Lipinski definition) is 1. The fourth-order valence-electron chi connectivity index (χ4n) is 1.66. The molecule has 1 saturated heterocycles. The fraction of sp³-hybridized carbons (Fsp3) is 0.455. The highest BCUT2D eigenvalue weighted by Crippen LogP contribution is 2.20. The highest BCUT2D eigenvalue weighted by molar-refractivity contribution is 7.89. The van der Waals surface area contributed by atoms with Crippen molar-refractivity contribution in [1.29, 1.82) is 0 Å². The van der Waals surface area contributed by atoms with E-state index in [1.807, 2.05) is 6.92 Å². The lowest BCUT2D eigenvalue weighted by atomic mass is 10.2. The van der Waals surface area contributed by atoms with Gasteiger partial charge < -0.3 is 4.74 Å². The lowest BCUT2D eigenvalue weighted by Gasteiger charge is -2.12. The van der Waals surface area contributed by atoms with Gasteiger partial charge in [0, 0.05) is 17.7 Å². The van der Waals surface area contributed by atoms with Crippen molar-refractivity contribution in [2.24, 2.45) is 0 Å². The average Bonchev–Trinajstić information content (AvgIpc) is 2.73. The van der Waals surface area contributed by atoms with Gasteiger partial charge in [0.2, 0.25) is 10.0 Å². The molecule has 94 valence electrons. The predicted octanol–water partition coefficient (Wildman–Crippen LogP) is 1.72. The zero-order chi connectivity index (χ0) is 12.5. The molecule has 1 atom stereocenters. The van der Waals surface area contributed by atoms with Crippen LogP contribution in [0.5, 0.6) is 0 Å². The molecule has 1 aromatic rings. The van der Waals surface area contributed by atoms with Crippen molar-refractivity contribution in [2.45, 2.75) is 24.3 Å². The molecule has 17 heavy (non-hydrogen) atoms. The molecule has 0 aromatic heterocycles. The van der Waals surface area contributed by atoms with Crippen LogP contribution < -0.4 is 4.72 Å². The summed E-state index contributed by atoms with van der Waals surface area (Å²) in [5, 5.41) is 0.454. The maximum Gasteiger partial charge on any atom is 0.240 e. The molecule has 1 aliphatic rings. The van der Waals surface area contributed by atoms with E-state index < -0.39 is 10.0 Å². The smallest absolute Gasteiger partial charge is 0.240 e. The van der Waals surface area contributed by atoms with Gasteiger partial charge in [0.1, 0.15) is 0 Å². The Morgan fingerprint density at radius 3 is 2.82 bits per heavy atom. The number of benzene rings is 1. The van der Waals surface area contributed by atoms with Crippen LogP contribution in [0, 0.1) is 6.92 Å². The van der Waals surface area contributed by atoms with Gasteiger partial charge in [-0.05, 0) is 31.0 Å². The average molecular weight is 276 g/mol. The van der Waals surface area contributed by atoms with Gasteiger partial charge in [0.25, 0.3) is 0 Å². The second-order valence-corrected chi connectivity index (χ2v) is 6.21. The topological polar surface area (TPSA) is 55.4 Å². The first kappa shape index (κ1) is 12.8. The Kier molecular flexibility index (Phi) is 3.73. The first-order valence-corrected chi connectivity index (χ1v) is 7.21. The van der Waals surface area contributed by atoms with Crippen LogP contribution in [-0.2, 0) is 14.8 Å². The predicted molar refractivity (Wildman–Crippen MR) is 65.7 cm³/mol. The summed E-state index contributed by atoms with van der Waals surface area (Å²) in [5.74, 6) is 0. The largest absolute Gasteiger partial charge is 0.380 e. The molecule has 0 bridgehead atoms. The fourth-order valence-corrected chi connectivity index (χ4v) is 3.18. The van der Waals surface area contributed by atoms with Crippen LogP contribution in [0.1, 0.15) is 12.0 Å². The summed E-state index contributed by atoms with van der Waals surface area (Å²) in [6, 6.07) is 4.58. The van der Waals surface area contributed by atoms with Crippen molar-refractivity contribution in [1.82, 2.24) is 4.72 Å². The molecule has 1 fully saturated rings. The minimum Gasteiger partial charge on any atom is -0.380 e. The van der Waals surface area contributed by atoms with Gasteiger partial charge in [0.05, 0.1) is 11.5 Å². The number of sulfonamides is 1. The molecule has 0 spiro atoms. The van der Waals surface area contributed by atoms with Crippen molar-refractivity contribution in [3.63, 3.8) is 0 Å². The van der Waals surface area contributed by atoms with Gasteiger partial charge in [0.15, 0.2) is 0 Å². The SMILES string of the molecule is Cc1ccc(S(=O)(=O)NC2CCOC2)cc1Cl. The highest BCUT2D eigenvalue weighted by atomic mass is 35.5. The zero-order valence-corrected chi connectivity index (χ0v) is 11.0. The van der Waals surface area contributed by atoms with E-state index in [4.69, 9.17) is 16.3 Å². The number of halogens is 1. The number of ether oxygens (including phenoxy) is 1. The van der Waals surface area contributed by atoms with E-state index in [0.717, 1.165) is 5.56 Å². The third-order valence-corrected chi connectivity index (χ3v) is 4.63. The van der Waals surface area contributed by atoms with Crippen LogP contribution in [0.4, 0.5) is 0 Å². The highest BCUT2D eigenvalue weighted by Gasteiger charge is 2.23. The summed E-state index contributed by atoms with van der Waals surface area (Å²) < 4.78 is 31.8. The van der Waals surface area contributed by atoms with E-state index in [-0.39, 0.29) is 10.9 Å². The zero-order valence-electron chi connectivity index (χ0n) is 9.44. The molecule has 0 radical (unpaired) electrons. The number of hydrogen-bond acceptors (Lipinski definition) is 3. The summed E-state index contributed by atoms with van der Waals surface area (Å²) in [6.45, 7) is 2.86. The molecular formula is C11H14ClNO3S. The van der Waals surface area contributed by atoms with Gasteiger partial charge >= 0.3 is 0 Å². The van der Waals surface area contributed by atoms with E-state index in [1.165, 1.54) is 6.07 Å². The lowest BCUT2D eigenvalue weighted by Crippen LogP contribution is -2.35. The maximum atomic E-state index is 12.0. The molecule has 0 amide bonds. The van der Waals surface area contributed by atoms with Crippen molar-refractivity contribution in [2.75, 3.05) is 13.2 Å². The quantitative estimate of drug-likeness (QED) is 0.914. The monoisotopic (exact) mass is 275 g/mol.